The zero-order valence-corrected chi connectivity index (χ0v) is 13.6. The van der Waals surface area contributed by atoms with Crippen LogP contribution in [0.3, 0.4) is 0 Å². The Kier molecular flexibility index (Phi) is 6.71. The van der Waals surface area contributed by atoms with E-state index in [4.69, 9.17) is 9.47 Å². The Morgan fingerprint density at radius 1 is 1.17 bits per heavy atom. The molecule has 0 aliphatic heterocycles. The summed E-state index contributed by atoms with van der Waals surface area (Å²) in [4.78, 5) is 11.3. The summed E-state index contributed by atoms with van der Waals surface area (Å²) in [6.07, 6.45) is 1.04. The van der Waals surface area contributed by atoms with Gasteiger partial charge in [0.15, 0.2) is 0 Å². The summed E-state index contributed by atoms with van der Waals surface area (Å²) >= 11 is 6.93. The number of benzene rings is 1. The molecule has 0 bridgehead atoms. The van der Waals surface area contributed by atoms with Crippen LogP contribution >= 0.6 is 31.9 Å². The monoisotopic (exact) mass is 378 g/mol. The maximum Gasteiger partial charge on any atom is 0.306 e. The van der Waals surface area contributed by atoms with Crippen LogP contribution in [0.2, 0.25) is 0 Å². The highest BCUT2D eigenvalue weighted by Crippen LogP contribution is 2.35. The second-order valence-electron chi connectivity index (χ2n) is 3.63. The molecule has 100 valence electrons. The molecule has 0 amide bonds. The van der Waals surface area contributed by atoms with Crippen LogP contribution in [0.25, 0.3) is 0 Å². The highest BCUT2D eigenvalue weighted by atomic mass is 79.9. The zero-order chi connectivity index (χ0) is 13.5. The van der Waals surface area contributed by atoms with E-state index in [9.17, 15) is 4.79 Å². The molecule has 5 heteroatoms. The van der Waals surface area contributed by atoms with E-state index in [-0.39, 0.29) is 5.97 Å². The molecule has 0 radical (unpaired) electrons. The van der Waals surface area contributed by atoms with Gasteiger partial charge in [0.1, 0.15) is 5.75 Å². The molecular formula is C13H16Br2O3. The van der Waals surface area contributed by atoms with Crippen molar-refractivity contribution in [1.82, 2.24) is 0 Å². The zero-order valence-electron chi connectivity index (χ0n) is 10.5. The Morgan fingerprint density at radius 3 is 2.28 bits per heavy atom. The van der Waals surface area contributed by atoms with E-state index in [2.05, 4.69) is 31.9 Å². The van der Waals surface area contributed by atoms with Crippen molar-refractivity contribution in [2.45, 2.75) is 26.7 Å². The molecule has 0 spiro atoms. The van der Waals surface area contributed by atoms with E-state index >= 15 is 0 Å². The maximum absolute atomic E-state index is 11.3. The van der Waals surface area contributed by atoms with Crippen LogP contribution < -0.4 is 4.74 Å². The van der Waals surface area contributed by atoms with Crippen molar-refractivity contribution in [2.75, 3.05) is 13.2 Å². The molecule has 0 aliphatic rings. The smallest absolute Gasteiger partial charge is 0.306 e. The van der Waals surface area contributed by atoms with Crippen LogP contribution in [0.4, 0.5) is 0 Å². The number of carbonyl (C=O) groups is 1. The minimum Gasteiger partial charge on any atom is -0.492 e. The van der Waals surface area contributed by atoms with E-state index in [1.165, 1.54) is 0 Å². The van der Waals surface area contributed by atoms with Gasteiger partial charge in [0.05, 0.1) is 22.2 Å². The molecule has 1 aromatic rings. The predicted molar refractivity (Wildman–Crippen MR) is 78.0 cm³/mol. The lowest BCUT2D eigenvalue weighted by Crippen LogP contribution is -2.05. The quantitative estimate of drug-likeness (QED) is 0.698. The molecule has 0 saturated heterocycles. The van der Waals surface area contributed by atoms with Gasteiger partial charge in [-0.2, -0.15) is 0 Å². The minimum atomic E-state index is -0.168. The predicted octanol–water partition coefficient (Wildman–Crippen LogP) is 4.11. The van der Waals surface area contributed by atoms with Gasteiger partial charge in [-0.1, -0.05) is 0 Å². The molecule has 0 aliphatic carbocycles. The van der Waals surface area contributed by atoms with Gasteiger partial charge in [0, 0.05) is 6.42 Å². The highest BCUT2D eigenvalue weighted by molar-refractivity contribution is 9.11. The molecule has 0 saturated carbocycles. The van der Waals surface area contributed by atoms with Gasteiger partial charge in [-0.25, -0.2) is 0 Å². The SMILES string of the molecule is CCOC(=O)CCc1cc(Br)c(OCC)c(Br)c1. The fraction of sp³-hybridized carbons (Fsp3) is 0.462. The number of halogens is 2. The highest BCUT2D eigenvalue weighted by Gasteiger charge is 2.10. The molecule has 0 heterocycles. The fourth-order valence-electron chi connectivity index (χ4n) is 1.52. The van der Waals surface area contributed by atoms with E-state index < -0.39 is 0 Å². The first-order valence-electron chi connectivity index (χ1n) is 5.84. The molecule has 0 unspecified atom stereocenters. The number of rotatable bonds is 6. The Bertz CT molecular complexity index is 396. The van der Waals surface area contributed by atoms with Gasteiger partial charge in [0.25, 0.3) is 0 Å². The number of aryl methyl sites for hydroxylation is 1. The average Bonchev–Trinajstić information content (AvgIpc) is 2.32. The Hall–Kier alpha value is -0.550. The van der Waals surface area contributed by atoms with Crippen LogP contribution in [0.1, 0.15) is 25.8 Å². The first kappa shape index (κ1) is 15.5. The summed E-state index contributed by atoms with van der Waals surface area (Å²) < 4.78 is 12.2. The summed E-state index contributed by atoms with van der Waals surface area (Å²) in [5.74, 6) is 0.621. The van der Waals surface area contributed by atoms with Crippen LogP contribution in [0.15, 0.2) is 21.1 Å². The van der Waals surface area contributed by atoms with Crippen molar-refractivity contribution in [3.8, 4) is 5.75 Å². The molecule has 0 atom stereocenters. The van der Waals surface area contributed by atoms with Crippen LogP contribution in [-0.4, -0.2) is 19.2 Å². The number of esters is 1. The molecule has 1 rings (SSSR count). The maximum atomic E-state index is 11.3. The van der Waals surface area contributed by atoms with E-state index in [1.54, 1.807) is 0 Å². The minimum absolute atomic E-state index is 0.168. The lowest BCUT2D eigenvalue weighted by molar-refractivity contribution is -0.143. The lowest BCUT2D eigenvalue weighted by atomic mass is 10.1. The van der Waals surface area contributed by atoms with Gasteiger partial charge in [-0.05, 0) is 69.8 Å². The molecule has 0 N–H and O–H groups in total. The summed E-state index contributed by atoms with van der Waals surface area (Å²) in [6.45, 7) is 4.78. The van der Waals surface area contributed by atoms with Crippen molar-refractivity contribution in [2.24, 2.45) is 0 Å². The van der Waals surface area contributed by atoms with Gasteiger partial charge >= 0.3 is 5.97 Å². The van der Waals surface area contributed by atoms with E-state index in [0.717, 1.165) is 20.3 Å². The normalized spacial score (nSPS) is 10.2. The number of carbonyl (C=O) groups excluding carboxylic acids is 1. The van der Waals surface area contributed by atoms with Crippen LogP contribution in [0.5, 0.6) is 5.75 Å². The number of hydrogen-bond donors (Lipinski definition) is 0. The third-order valence-corrected chi connectivity index (χ3v) is 3.45. The Balaban J connectivity index is 2.71. The Labute approximate surface area is 124 Å². The summed E-state index contributed by atoms with van der Waals surface area (Å²) in [5.41, 5.74) is 1.06. The first-order valence-corrected chi connectivity index (χ1v) is 7.43. The summed E-state index contributed by atoms with van der Waals surface area (Å²) in [6, 6.07) is 3.93. The Morgan fingerprint density at radius 2 is 1.78 bits per heavy atom. The second kappa shape index (κ2) is 7.79. The third-order valence-electron chi connectivity index (χ3n) is 2.27. The second-order valence-corrected chi connectivity index (χ2v) is 5.34. The fourth-order valence-corrected chi connectivity index (χ4v) is 3.03. The van der Waals surface area contributed by atoms with E-state index in [0.29, 0.717) is 26.1 Å². The molecule has 0 aromatic heterocycles. The van der Waals surface area contributed by atoms with Crippen molar-refractivity contribution >= 4 is 37.8 Å². The summed E-state index contributed by atoms with van der Waals surface area (Å²) in [7, 11) is 0. The molecule has 18 heavy (non-hydrogen) atoms. The van der Waals surface area contributed by atoms with Crippen molar-refractivity contribution in [1.29, 1.82) is 0 Å². The van der Waals surface area contributed by atoms with Gasteiger partial charge in [-0.3, -0.25) is 4.79 Å². The summed E-state index contributed by atoms with van der Waals surface area (Å²) in [5, 5.41) is 0. The van der Waals surface area contributed by atoms with Crippen molar-refractivity contribution < 1.29 is 14.3 Å². The molecular weight excluding hydrogens is 364 g/mol. The average molecular weight is 380 g/mol. The van der Waals surface area contributed by atoms with E-state index in [1.807, 2.05) is 26.0 Å². The van der Waals surface area contributed by atoms with Gasteiger partial charge < -0.3 is 9.47 Å². The third kappa shape index (κ3) is 4.61. The van der Waals surface area contributed by atoms with Crippen molar-refractivity contribution in [3.05, 3.63) is 26.6 Å². The standard InChI is InChI=1S/C13H16Br2O3/c1-3-17-12(16)6-5-9-7-10(14)13(18-4-2)11(15)8-9/h7-8H,3-6H2,1-2H3. The van der Waals surface area contributed by atoms with Gasteiger partial charge in [0.2, 0.25) is 0 Å². The lowest BCUT2D eigenvalue weighted by Gasteiger charge is -2.10. The molecule has 1 aromatic carbocycles. The number of hydrogen-bond acceptors (Lipinski definition) is 3. The largest absolute Gasteiger partial charge is 0.492 e. The first-order chi connectivity index (χ1) is 8.58. The topological polar surface area (TPSA) is 35.5 Å². The van der Waals surface area contributed by atoms with Crippen LogP contribution in [0, 0.1) is 0 Å². The van der Waals surface area contributed by atoms with Crippen molar-refractivity contribution in [3.63, 3.8) is 0 Å². The van der Waals surface area contributed by atoms with Gasteiger partial charge in [-0.15, -0.1) is 0 Å². The van der Waals surface area contributed by atoms with Crippen LogP contribution in [-0.2, 0) is 16.0 Å². The number of ether oxygens (including phenoxy) is 2. The molecule has 0 fully saturated rings. The molecule has 3 nitrogen and oxygen atoms in total.